The van der Waals surface area contributed by atoms with Crippen LogP contribution in [0.4, 0.5) is 11.6 Å². The van der Waals surface area contributed by atoms with Crippen molar-refractivity contribution in [2.24, 2.45) is 0 Å². The molecule has 2 aromatic rings. The number of imidazole rings is 1. The number of carbonyl (C=O) groups excluding carboxylic acids is 1. The molecule has 1 amide bonds. The maximum atomic E-state index is 12.3. The first-order valence-electron chi connectivity index (χ1n) is 6.54. The van der Waals surface area contributed by atoms with Crippen LogP contribution in [-0.2, 0) is 17.8 Å². The lowest BCUT2D eigenvalue weighted by atomic mass is 10.2. The number of hydrogen-bond donors (Lipinski definition) is 1. The van der Waals surface area contributed by atoms with E-state index in [-0.39, 0.29) is 24.1 Å². The Bertz CT molecular complexity index is 801. The molecular formula is C14H11Cl2N3O3. The average molecular weight is 340 g/mol. The number of aryl methyl sites for hydroxylation is 1. The Kier molecular flexibility index (Phi) is 3.58. The topological polar surface area (TPSA) is 75.4 Å². The Labute approximate surface area is 135 Å². The molecule has 6 nitrogen and oxygen atoms in total. The van der Waals surface area contributed by atoms with E-state index in [1.165, 1.54) is 15.5 Å². The van der Waals surface area contributed by atoms with E-state index < -0.39 is 5.97 Å². The van der Waals surface area contributed by atoms with Crippen LogP contribution in [0, 0.1) is 0 Å². The molecule has 0 radical (unpaired) electrons. The quantitative estimate of drug-likeness (QED) is 0.931. The van der Waals surface area contributed by atoms with Crippen molar-refractivity contribution in [1.82, 2.24) is 9.55 Å². The standard InChI is InChI=1S/C14H11Cl2N3O3/c1-2-9-12(13(21)22)18-6-11(20)19(14(18)17-9)10-4-3-7(15)5-8(10)16/h3-5H,2,6H2,1H3,(H,21,22). The Morgan fingerprint density at radius 2 is 2.14 bits per heavy atom. The number of carbonyl (C=O) groups is 2. The van der Waals surface area contributed by atoms with Gasteiger partial charge in [-0.25, -0.2) is 14.7 Å². The van der Waals surface area contributed by atoms with Crippen LogP contribution in [0.1, 0.15) is 23.1 Å². The Morgan fingerprint density at radius 3 is 2.73 bits per heavy atom. The van der Waals surface area contributed by atoms with Crippen LogP contribution in [0.2, 0.25) is 10.0 Å². The molecule has 0 saturated carbocycles. The number of carboxylic acid groups (broad SMARTS) is 1. The summed E-state index contributed by atoms with van der Waals surface area (Å²) in [6.45, 7) is 1.73. The highest BCUT2D eigenvalue weighted by molar-refractivity contribution is 6.37. The van der Waals surface area contributed by atoms with Gasteiger partial charge in [0.2, 0.25) is 5.95 Å². The van der Waals surface area contributed by atoms with E-state index in [4.69, 9.17) is 23.2 Å². The van der Waals surface area contributed by atoms with E-state index in [1.54, 1.807) is 12.1 Å². The van der Waals surface area contributed by atoms with Gasteiger partial charge in [-0.1, -0.05) is 30.1 Å². The summed E-state index contributed by atoms with van der Waals surface area (Å²) in [5, 5.41) is 10.1. The van der Waals surface area contributed by atoms with Gasteiger partial charge in [-0.05, 0) is 24.6 Å². The van der Waals surface area contributed by atoms with Crippen molar-refractivity contribution in [2.45, 2.75) is 19.9 Å². The number of carboxylic acids is 1. The SMILES string of the molecule is CCc1nc2n(c1C(=O)O)CC(=O)N2c1ccc(Cl)cc1Cl. The van der Waals surface area contributed by atoms with E-state index in [9.17, 15) is 14.7 Å². The summed E-state index contributed by atoms with van der Waals surface area (Å²) in [6, 6.07) is 4.75. The highest BCUT2D eigenvalue weighted by Gasteiger charge is 2.36. The van der Waals surface area contributed by atoms with Crippen LogP contribution in [0.15, 0.2) is 18.2 Å². The summed E-state index contributed by atoms with van der Waals surface area (Å²) in [5.74, 6) is -1.13. The summed E-state index contributed by atoms with van der Waals surface area (Å²) >= 11 is 12.0. The number of nitrogens with zero attached hydrogens (tertiary/aromatic N) is 3. The first kappa shape index (κ1) is 14.9. The molecule has 1 aromatic carbocycles. The minimum Gasteiger partial charge on any atom is -0.477 e. The molecular weight excluding hydrogens is 329 g/mol. The minimum atomic E-state index is -1.10. The summed E-state index contributed by atoms with van der Waals surface area (Å²) in [5.41, 5.74) is 0.905. The highest BCUT2D eigenvalue weighted by Crippen LogP contribution is 2.37. The first-order valence-corrected chi connectivity index (χ1v) is 7.30. The van der Waals surface area contributed by atoms with Crippen LogP contribution in [0.25, 0.3) is 0 Å². The normalized spacial score (nSPS) is 13.6. The van der Waals surface area contributed by atoms with Crippen LogP contribution in [0.3, 0.4) is 0 Å². The van der Waals surface area contributed by atoms with Gasteiger partial charge in [-0.2, -0.15) is 0 Å². The third-order valence-electron chi connectivity index (χ3n) is 3.45. The van der Waals surface area contributed by atoms with Gasteiger partial charge in [0.1, 0.15) is 6.54 Å². The minimum absolute atomic E-state index is 0.0402. The van der Waals surface area contributed by atoms with Crippen molar-refractivity contribution in [1.29, 1.82) is 0 Å². The van der Waals surface area contributed by atoms with Crippen molar-refractivity contribution in [2.75, 3.05) is 4.90 Å². The van der Waals surface area contributed by atoms with Gasteiger partial charge in [0.05, 0.1) is 16.4 Å². The molecule has 0 aliphatic carbocycles. The molecule has 22 heavy (non-hydrogen) atoms. The molecule has 0 spiro atoms. The molecule has 1 N–H and O–H groups in total. The van der Waals surface area contributed by atoms with Gasteiger partial charge in [0, 0.05) is 5.02 Å². The van der Waals surface area contributed by atoms with Crippen molar-refractivity contribution >= 4 is 46.7 Å². The number of hydrogen-bond acceptors (Lipinski definition) is 3. The molecule has 0 unspecified atom stereocenters. The van der Waals surface area contributed by atoms with E-state index in [2.05, 4.69) is 4.98 Å². The molecule has 1 aliphatic heterocycles. The number of benzene rings is 1. The molecule has 2 heterocycles. The second-order valence-electron chi connectivity index (χ2n) is 4.78. The molecule has 1 aliphatic rings. The second kappa shape index (κ2) is 5.30. The fourth-order valence-electron chi connectivity index (χ4n) is 2.52. The van der Waals surface area contributed by atoms with Crippen LogP contribution in [-0.4, -0.2) is 26.5 Å². The zero-order valence-corrected chi connectivity index (χ0v) is 13.0. The highest BCUT2D eigenvalue weighted by atomic mass is 35.5. The molecule has 0 atom stereocenters. The Hall–Kier alpha value is -2.05. The van der Waals surface area contributed by atoms with E-state index in [0.29, 0.717) is 27.8 Å². The van der Waals surface area contributed by atoms with Crippen LogP contribution < -0.4 is 4.90 Å². The van der Waals surface area contributed by atoms with Gasteiger partial charge < -0.3 is 5.11 Å². The second-order valence-corrected chi connectivity index (χ2v) is 5.62. The maximum Gasteiger partial charge on any atom is 0.354 e. The summed E-state index contributed by atoms with van der Waals surface area (Å²) in [4.78, 5) is 29.3. The number of anilines is 2. The summed E-state index contributed by atoms with van der Waals surface area (Å²) < 4.78 is 1.40. The van der Waals surface area contributed by atoms with Crippen molar-refractivity contribution < 1.29 is 14.7 Å². The largest absolute Gasteiger partial charge is 0.477 e. The predicted molar refractivity (Wildman–Crippen MR) is 82.2 cm³/mol. The number of amides is 1. The Balaban J connectivity index is 2.18. The molecule has 1 aromatic heterocycles. The monoisotopic (exact) mass is 339 g/mol. The lowest BCUT2D eigenvalue weighted by Gasteiger charge is -2.15. The molecule has 0 fully saturated rings. The summed E-state index contributed by atoms with van der Waals surface area (Å²) in [7, 11) is 0. The molecule has 0 saturated heterocycles. The lowest BCUT2D eigenvalue weighted by molar-refractivity contribution is -0.117. The van der Waals surface area contributed by atoms with Crippen LogP contribution in [0.5, 0.6) is 0 Å². The predicted octanol–water partition coefficient (Wildman–Crippen LogP) is 3.13. The molecule has 114 valence electrons. The zero-order chi connectivity index (χ0) is 16.0. The molecule has 8 heteroatoms. The van der Waals surface area contributed by atoms with Gasteiger partial charge in [-0.15, -0.1) is 0 Å². The van der Waals surface area contributed by atoms with E-state index >= 15 is 0 Å². The maximum absolute atomic E-state index is 12.3. The van der Waals surface area contributed by atoms with Gasteiger partial charge in [0.15, 0.2) is 5.69 Å². The van der Waals surface area contributed by atoms with Crippen molar-refractivity contribution in [3.63, 3.8) is 0 Å². The van der Waals surface area contributed by atoms with Crippen molar-refractivity contribution in [3.8, 4) is 0 Å². The molecule has 3 rings (SSSR count). The summed E-state index contributed by atoms with van der Waals surface area (Å²) in [6.07, 6.45) is 0.456. The van der Waals surface area contributed by atoms with E-state index in [1.807, 2.05) is 6.92 Å². The third-order valence-corrected chi connectivity index (χ3v) is 3.99. The fourth-order valence-corrected chi connectivity index (χ4v) is 3.01. The number of aromatic carboxylic acids is 1. The van der Waals surface area contributed by atoms with Gasteiger partial charge >= 0.3 is 5.97 Å². The first-order chi connectivity index (χ1) is 10.4. The van der Waals surface area contributed by atoms with E-state index in [0.717, 1.165) is 0 Å². The number of aromatic nitrogens is 2. The fraction of sp³-hybridized carbons (Fsp3) is 0.214. The average Bonchev–Trinajstić information content (AvgIpc) is 2.93. The number of halogens is 2. The Morgan fingerprint density at radius 1 is 1.41 bits per heavy atom. The molecule has 0 bridgehead atoms. The smallest absolute Gasteiger partial charge is 0.354 e. The van der Waals surface area contributed by atoms with Gasteiger partial charge in [0.25, 0.3) is 5.91 Å². The van der Waals surface area contributed by atoms with Crippen LogP contribution >= 0.6 is 23.2 Å². The van der Waals surface area contributed by atoms with Crippen molar-refractivity contribution in [3.05, 3.63) is 39.6 Å². The number of fused-ring (bicyclic) bond motifs is 1. The third kappa shape index (κ3) is 2.15. The number of rotatable bonds is 3. The lowest BCUT2D eigenvalue weighted by Crippen LogP contribution is -2.22. The zero-order valence-electron chi connectivity index (χ0n) is 11.5. The van der Waals surface area contributed by atoms with Gasteiger partial charge in [-0.3, -0.25) is 9.36 Å².